The Hall–Kier alpha value is -2.67. The van der Waals surface area contributed by atoms with Crippen LogP contribution < -0.4 is 4.74 Å². The Morgan fingerprint density at radius 3 is 2.44 bits per heavy atom. The summed E-state index contributed by atoms with van der Waals surface area (Å²) in [6, 6.07) is 13.0. The number of carbonyl (C=O) groups excluding carboxylic acids is 1. The second-order valence-corrected chi connectivity index (χ2v) is 6.25. The molecule has 0 fully saturated rings. The number of rotatable bonds is 6. The minimum atomic E-state index is -0.300. The molecule has 0 N–H and O–H groups in total. The molecule has 0 bridgehead atoms. The van der Waals surface area contributed by atoms with Gasteiger partial charge in [-0.15, -0.1) is 10.2 Å². The largest absolute Gasteiger partial charge is 0.497 e. The van der Waals surface area contributed by atoms with Gasteiger partial charge in [0, 0.05) is 18.2 Å². The van der Waals surface area contributed by atoms with Gasteiger partial charge in [-0.1, -0.05) is 11.8 Å². The number of thioether (sulfide) groups is 1. The molecule has 0 saturated carbocycles. The molecule has 2 aromatic carbocycles. The Labute approximate surface area is 148 Å². The number of Topliss-reactive ketones (excluding diaryl/α,β-unsaturated/α-hetero) is 1. The smallest absolute Gasteiger partial charge is 0.191 e. The van der Waals surface area contributed by atoms with Gasteiger partial charge in [-0.2, -0.15) is 0 Å². The van der Waals surface area contributed by atoms with Gasteiger partial charge in [0.15, 0.2) is 16.8 Å². The average Bonchev–Trinajstić information content (AvgIpc) is 3.01. The number of methoxy groups -OCH3 is 1. The van der Waals surface area contributed by atoms with Gasteiger partial charge in [0.1, 0.15) is 11.6 Å². The molecule has 0 radical (unpaired) electrons. The van der Waals surface area contributed by atoms with E-state index in [9.17, 15) is 9.18 Å². The Morgan fingerprint density at radius 1 is 1.12 bits per heavy atom. The zero-order valence-corrected chi connectivity index (χ0v) is 14.6. The summed E-state index contributed by atoms with van der Waals surface area (Å²) in [5.74, 6) is 1.28. The van der Waals surface area contributed by atoms with Gasteiger partial charge in [-0.3, -0.25) is 4.79 Å². The highest BCUT2D eigenvalue weighted by molar-refractivity contribution is 7.99. The molecule has 128 valence electrons. The van der Waals surface area contributed by atoms with Crippen LogP contribution in [0, 0.1) is 5.82 Å². The summed E-state index contributed by atoms with van der Waals surface area (Å²) >= 11 is 1.31. The predicted octanol–water partition coefficient (Wildman–Crippen LogP) is 3.60. The molecule has 0 amide bonds. The van der Waals surface area contributed by atoms with Crippen molar-refractivity contribution in [3.05, 3.63) is 59.9 Å². The number of nitrogens with zero attached hydrogens (tertiary/aromatic N) is 3. The van der Waals surface area contributed by atoms with Crippen LogP contribution in [-0.4, -0.2) is 33.4 Å². The number of ether oxygens (including phenoxy) is 1. The molecule has 0 spiro atoms. The van der Waals surface area contributed by atoms with Gasteiger partial charge < -0.3 is 9.30 Å². The number of halogens is 1. The second kappa shape index (κ2) is 7.48. The lowest BCUT2D eigenvalue weighted by molar-refractivity contribution is 0.102. The van der Waals surface area contributed by atoms with E-state index in [1.165, 1.54) is 23.9 Å². The van der Waals surface area contributed by atoms with Crippen LogP contribution in [0.1, 0.15) is 10.4 Å². The van der Waals surface area contributed by atoms with Crippen LogP contribution in [0.25, 0.3) is 11.4 Å². The summed E-state index contributed by atoms with van der Waals surface area (Å²) < 4.78 is 19.9. The standard InChI is InChI=1S/C18H16FN3O2S/c1-22-17(13-3-7-14(19)8-4-13)20-21-18(22)25-11-16(23)12-5-9-15(24-2)10-6-12/h3-10H,11H2,1-2H3. The number of benzene rings is 2. The van der Waals surface area contributed by atoms with Crippen molar-refractivity contribution >= 4 is 17.5 Å². The van der Waals surface area contributed by atoms with Crippen molar-refractivity contribution in [2.45, 2.75) is 5.16 Å². The molecule has 1 heterocycles. The van der Waals surface area contributed by atoms with Gasteiger partial charge >= 0.3 is 0 Å². The Morgan fingerprint density at radius 2 is 1.80 bits per heavy atom. The van der Waals surface area contributed by atoms with Crippen LogP contribution in [-0.2, 0) is 7.05 Å². The molecule has 0 saturated heterocycles. The Bertz CT molecular complexity index is 876. The van der Waals surface area contributed by atoms with Crippen molar-refractivity contribution in [3.8, 4) is 17.1 Å². The topological polar surface area (TPSA) is 57.0 Å². The zero-order valence-electron chi connectivity index (χ0n) is 13.8. The molecular formula is C18H16FN3O2S. The summed E-state index contributed by atoms with van der Waals surface area (Å²) in [6.45, 7) is 0. The van der Waals surface area contributed by atoms with Gasteiger partial charge in [0.25, 0.3) is 0 Å². The predicted molar refractivity (Wildman–Crippen MR) is 94.4 cm³/mol. The van der Waals surface area contributed by atoms with Gasteiger partial charge in [0.05, 0.1) is 12.9 Å². The van der Waals surface area contributed by atoms with Crippen molar-refractivity contribution in [3.63, 3.8) is 0 Å². The highest BCUT2D eigenvalue weighted by Gasteiger charge is 2.14. The molecule has 3 aromatic rings. The van der Waals surface area contributed by atoms with E-state index < -0.39 is 0 Å². The number of hydrogen-bond donors (Lipinski definition) is 0. The first kappa shape index (κ1) is 17.2. The molecule has 0 aliphatic rings. The van der Waals surface area contributed by atoms with E-state index in [0.29, 0.717) is 22.3 Å². The van der Waals surface area contributed by atoms with Crippen LogP contribution in [0.3, 0.4) is 0 Å². The van der Waals surface area contributed by atoms with Crippen molar-refractivity contribution in [1.29, 1.82) is 0 Å². The first-order valence-electron chi connectivity index (χ1n) is 7.54. The van der Waals surface area contributed by atoms with Crippen LogP contribution in [0.4, 0.5) is 4.39 Å². The third-order valence-corrected chi connectivity index (χ3v) is 4.70. The van der Waals surface area contributed by atoms with E-state index >= 15 is 0 Å². The summed E-state index contributed by atoms with van der Waals surface area (Å²) in [6.07, 6.45) is 0. The first-order chi connectivity index (χ1) is 12.1. The Kier molecular flexibility index (Phi) is 5.14. The van der Waals surface area contributed by atoms with Crippen molar-refractivity contribution < 1.29 is 13.9 Å². The molecule has 3 rings (SSSR count). The number of hydrogen-bond acceptors (Lipinski definition) is 5. The van der Waals surface area contributed by atoms with Crippen molar-refractivity contribution in [1.82, 2.24) is 14.8 Å². The lowest BCUT2D eigenvalue weighted by Gasteiger charge is -2.05. The van der Waals surface area contributed by atoms with E-state index in [2.05, 4.69) is 10.2 Å². The number of carbonyl (C=O) groups is 1. The molecule has 0 atom stereocenters. The SMILES string of the molecule is COc1ccc(C(=O)CSc2nnc(-c3ccc(F)cc3)n2C)cc1. The summed E-state index contributed by atoms with van der Waals surface area (Å²) in [7, 11) is 3.40. The highest BCUT2D eigenvalue weighted by atomic mass is 32.2. The maximum atomic E-state index is 13.0. The normalized spacial score (nSPS) is 10.7. The van der Waals surface area contributed by atoms with E-state index in [1.54, 1.807) is 48.1 Å². The maximum absolute atomic E-state index is 13.0. The van der Waals surface area contributed by atoms with Gasteiger partial charge in [-0.05, 0) is 48.5 Å². The molecular weight excluding hydrogens is 341 g/mol. The summed E-state index contributed by atoms with van der Waals surface area (Å²) in [5, 5.41) is 8.87. The molecule has 1 aromatic heterocycles. The molecule has 0 unspecified atom stereocenters. The quantitative estimate of drug-likeness (QED) is 0.498. The third kappa shape index (κ3) is 3.88. The highest BCUT2D eigenvalue weighted by Crippen LogP contribution is 2.23. The van der Waals surface area contributed by atoms with Gasteiger partial charge in [-0.25, -0.2) is 4.39 Å². The monoisotopic (exact) mass is 357 g/mol. The zero-order chi connectivity index (χ0) is 17.8. The molecule has 0 aliphatic heterocycles. The minimum Gasteiger partial charge on any atom is -0.497 e. The fourth-order valence-corrected chi connectivity index (χ4v) is 3.09. The third-order valence-electron chi connectivity index (χ3n) is 3.68. The number of ketones is 1. The molecule has 5 nitrogen and oxygen atoms in total. The van der Waals surface area contributed by atoms with E-state index in [1.807, 2.05) is 7.05 Å². The maximum Gasteiger partial charge on any atom is 0.191 e. The lowest BCUT2D eigenvalue weighted by Crippen LogP contribution is -2.04. The summed E-state index contributed by atoms with van der Waals surface area (Å²) in [4.78, 5) is 12.3. The van der Waals surface area contributed by atoms with Crippen LogP contribution >= 0.6 is 11.8 Å². The average molecular weight is 357 g/mol. The van der Waals surface area contributed by atoms with Crippen LogP contribution in [0.5, 0.6) is 5.75 Å². The first-order valence-corrected chi connectivity index (χ1v) is 8.52. The van der Waals surface area contributed by atoms with Crippen LogP contribution in [0.2, 0.25) is 0 Å². The van der Waals surface area contributed by atoms with Crippen molar-refractivity contribution in [2.75, 3.05) is 12.9 Å². The fourth-order valence-electron chi connectivity index (χ4n) is 2.28. The van der Waals surface area contributed by atoms with Crippen LogP contribution in [0.15, 0.2) is 53.7 Å². The van der Waals surface area contributed by atoms with E-state index in [0.717, 1.165) is 5.56 Å². The molecule has 25 heavy (non-hydrogen) atoms. The number of aromatic nitrogens is 3. The Balaban J connectivity index is 1.69. The van der Waals surface area contributed by atoms with E-state index in [-0.39, 0.29) is 17.4 Å². The molecule has 0 aliphatic carbocycles. The summed E-state index contributed by atoms with van der Waals surface area (Å²) in [5.41, 5.74) is 1.39. The molecule has 7 heteroatoms. The van der Waals surface area contributed by atoms with Crippen molar-refractivity contribution in [2.24, 2.45) is 7.05 Å². The lowest BCUT2D eigenvalue weighted by atomic mass is 10.1. The fraction of sp³-hybridized carbons (Fsp3) is 0.167. The minimum absolute atomic E-state index is 0.000940. The van der Waals surface area contributed by atoms with Gasteiger partial charge in [0.2, 0.25) is 0 Å². The van der Waals surface area contributed by atoms with E-state index in [4.69, 9.17) is 4.74 Å². The second-order valence-electron chi connectivity index (χ2n) is 5.31.